The molecular weight excluding hydrogens is 226 g/mol. The molecule has 1 heterocycles. The van der Waals surface area contributed by atoms with Crippen LogP contribution in [0, 0.1) is 13.8 Å². The van der Waals surface area contributed by atoms with Crippen LogP contribution in [-0.2, 0) is 0 Å². The van der Waals surface area contributed by atoms with E-state index in [-0.39, 0.29) is 0 Å². The fraction of sp³-hybridized carbons (Fsp3) is 0.286. The Morgan fingerprint density at radius 2 is 2.06 bits per heavy atom. The van der Waals surface area contributed by atoms with E-state index in [4.69, 9.17) is 4.74 Å². The first kappa shape index (κ1) is 12.4. The first-order chi connectivity index (χ1) is 8.74. The molecule has 0 aliphatic heterocycles. The van der Waals surface area contributed by atoms with Crippen LogP contribution >= 0.6 is 0 Å². The highest BCUT2D eigenvalue weighted by atomic mass is 16.5. The van der Waals surface area contributed by atoms with Crippen molar-refractivity contribution in [2.24, 2.45) is 0 Å². The second kappa shape index (κ2) is 6.00. The lowest BCUT2D eigenvalue weighted by molar-refractivity contribution is 0.332. The molecule has 0 saturated carbocycles. The lowest BCUT2D eigenvalue weighted by Crippen LogP contribution is -2.12. The molecule has 0 spiro atoms. The summed E-state index contributed by atoms with van der Waals surface area (Å²) in [4.78, 5) is 0. The molecule has 1 N–H and O–H groups in total. The molecule has 4 heteroatoms. The summed E-state index contributed by atoms with van der Waals surface area (Å²) < 4.78 is 5.63. The van der Waals surface area contributed by atoms with E-state index < -0.39 is 0 Å². The Bertz CT molecular complexity index is 466. The van der Waals surface area contributed by atoms with E-state index in [2.05, 4.69) is 15.5 Å². The molecule has 4 nitrogen and oxygen atoms in total. The predicted molar refractivity (Wildman–Crippen MR) is 71.9 cm³/mol. The van der Waals surface area contributed by atoms with Gasteiger partial charge in [-0.2, -0.15) is 5.10 Å². The van der Waals surface area contributed by atoms with E-state index in [1.165, 1.54) is 5.56 Å². The van der Waals surface area contributed by atoms with Gasteiger partial charge in [0.05, 0.1) is 12.7 Å². The number of benzene rings is 1. The highest BCUT2D eigenvalue weighted by Gasteiger charge is 1.96. The van der Waals surface area contributed by atoms with Crippen molar-refractivity contribution in [3.8, 4) is 5.75 Å². The summed E-state index contributed by atoms with van der Waals surface area (Å²) in [5, 5.41) is 11.0. The van der Waals surface area contributed by atoms with E-state index in [0.717, 1.165) is 17.1 Å². The molecule has 0 aliphatic carbocycles. The Hall–Kier alpha value is -2.10. The molecule has 2 rings (SSSR count). The van der Waals surface area contributed by atoms with Gasteiger partial charge >= 0.3 is 0 Å². The maximum absolute atomic E-state index is 5.63. The van der Waals surface area contributed by atoms with Crippen LogP contribution in [0.5, 0.6) is 5.75 Å². The first-order valence-corrected chi connectivity index (χ1v) is 5.97. The zero-order chi connectivity index (χ0) is 12.8. The van der Waals surface area contributed by atoms with Gasteiger partial charge in [-0.05, 0) is 43.2 Å². The van der Waals surface area contributed by atoms with Gasteiger partial charge in [0.25, 0.3) is 0 Å². The summed E-state index contributed by atoms with van der Waals surface area (Å²) in [6.45, 7) is 5.34. The maximum Gasteiger partial charge on any atom is 0.149 e. The summed E-state index contributed by atoms with van der Waals surface area (Å²) in [6.07, 6.45) is 1.73. The smallest absolute Gasteiger partial charge is 0.149 e. The van der Waals surface area contributed by atoms with Gasteiger partial charge < -0.3 is 10.1 Å². The number of ether oxygens (including phenoxy) is 1. The normalized spacial score (nSPS) is 10.1. The molecule has 0 aliphatic rings. The van der Waals surface area contributed by atoms with Crippen molar-refractivity contribution >= 4 is 5.82 Å². The minimum atomic E-state index is 0.596. The highest BCUT2D eigenvalue weighted by Crippen LogP contribution is 2.12. The van der Waals surface area contributed by atoms with E-state index >= 15 is 0 Å². The van der Waals surface area contributed by atoms with Gasteiger partial charge in [-0.25, -0.2) is 0 Å². The minimum Gasteiger partial charge on any atom is -0.492 e. The number of hydrogen-bond donors (Lipinski definition) is 1. The molecule has 0 radical (unpaired) electrons. The number of nitrogens with one attached hydrogen (secondary N) is 1. The van der Waals surface area contributed by atoms with Crippen molar-refractivity contribution in [2.75, 3.05) is 18.5 Å². The van der Waals surface area contributed by atoms with Crippen molar-refractivity contribution in [1.82, 2.24) is 10.2 Å². The number of anilines is 1. The average Bonchev–Trinajstić information content (AvgIpc) is 2.35. The number of nitrogens with zero attached hydrogens (tertiary/aromatic N) is 2. The minimum absolute atomic E-state index is 0.596. The molecule has 0 saturated heterocycles. The highest BCUT2D eigenvalue weighted by molar-refractivity contribution is 5.35. The number of aryl methyl sites for hydroxylation is 2. The molecule has 0 amide bonds. The Labute approximate surface area is 107 Å². The van der Waals surface area contributed by atoms with Gasteiger partial charge in [0.15, 0.2) is 0 Å². The molecule has 94 valence electrons. The third kappa shape index (κ3) is 3.73. The second-order valence-electron chi connectivity index (χ2n) is 4.21. The Morgan fingerprint density at radius 3 is 2.83 bits per heavy atom. The van der Waals surface area contributed by atoms with Crippen LogP contribution in [-0.4, -0.2) is 23.3 Å². The number of aromatic nitrogens is 2. The molecule has 0 fully saturated rings. The zero-order valence-electron chi connectivity index (χ0n) is 10.7. The second-order valence-corrected chi connectivity index (χ2v) is 4.21. The SMILES string of the molecule is Cc1cccc(OCCNc2cc(C)cnn2)c1. The molecule has 2 aromatic rings. The van der Waals surface area contributed by atoms with Crippen molar-refractivity contribution in [3.63, 3.8) is 0 Å². The molecule has 0 atom stereocenters. The number of hydrogen-bond acceptors (Lipinski definition) is 4. The summed E-state index contributed by atoms with van der Waals surface area (Å²) in [7, 11) is 0. The van der Waals surface area contributed by atoms with Crippen LogP contribution < -0.4 is 10.1 Å². The van der Waals surface area contributed by atoms with Crippen molar-refractivity contribution < 1.29 is 4.74 Å². The van der Waals surface area contributed by atoms with Crippen molar-refractivity contribution in [3.05, 3.63) is 47.7 Å². The van der Waals surface area contributed by atoms with Crippen LogP contribution in [0.4, 0.5) is 5.82 Å². The van der Waals surface area contributed by atoms with E-state index in [9.17, 15) is 0 Å². The molecule has 0 bridgehead atoms. The predicted octanol–water partition coefficient (Wildman–Crippen LogP) is 2.58. The van der Waals surface area contributed by atoms with Crippen LogP contribution in [0.2, 0.25) is 0 Å². The average molecular weight is 243 g/mol. The van der Waals surface area contributed by atoms with Crippen LogP contribution in [0.3, 0.4) is 0 Å². The molecule has 18 heavy (non-hydrogen) atoms. The Balaban J connectivity index is 1.76. The standard InChI is InChI=1S/C14H17N3O/c1-11-4-3-5-13(8-11)18-7-6-15-14-9-12(2)10-16-17-14/h3-5,8-10H,6-7H2,1-2H3,(H,15,17). The van der Waals surface area contributed by atoms with Gasteiger partial charge in [0.1, 0.15) is 18.2 Å². The first-order valence-electron chi connectivity index (χ1n) is 5.97. The topological polar surface area (TPSA) is 47.0 Å². The van der Waals surface area contributed by atoms with Gasteiger partial charge in [-0.3, -0.25) is 0 Å². The third-order valence-corrected chi connectivity index (χ3v) is 2.46. The van der Waals surface area contributed by atoms with Crippen molar-refractivity contribution in [1.29, 1.82) is 0 Å². The fourth-order valence-electron chi connectivity index (χ4n) is 1.60. The summed E-state index contributed by atoms with van der Waals surface area (Å²) >= 11 is 0. The van der Waals surface area contributed by atoms with Crippen LogP contribution in [0.25, 0.3) is 0 Å². The monoisotopic (exact) mass is 243 g/mol. The largest absolute Gasteiger partial charge is 0.492 e. The van der Waals surface area contributed by atoms with Gasteiger partial charge in [-0.15, -0.1) is 5.10 Å². The van der Waals surface area contributed by atoms with E-state index in [1.807, 2.05) is 44.2 Å². The molecule has 0 unspecified atom stereocenters. The third-order valence-electron chi connectivity index (χ3n) is 2.46. The summed E-state index contributed by atoms with van der Waals surface area (Å²) in [5.74, 6) is 1.68. The lowest BCUT2D eigenvalue weighted by Gasteiger charge is -2.08. The summed E-state index contributed by atoms with van der Waals surface area (Å²) in [5.41, 5.74) is 2.29. The van der Waals surface area contributed by atoms with Gasteiger partial charge in [0.2, 0.25) is 0 Å². The van der Waals surface area contributed by atoms with Crippen LogP contribution in [0.15, 0.2) is 36.5 Å². The Morgan fingerprint density at radius 1 is 1.17 bits per heavy atom. The Kier molecular flexibility index (Phi) is 4.12. The van der Waals surface area contributed by atoms with Gasteiger partial charge in [0, 0.05) is 0 Å². The van der Waals surface area contributed by atoms with Crippen LogP contribution in [0.1, 0.15) is 11.1 Å². The van der Waals surface area contributed by atoms with Crippen molar-refractivity contribution in [2.45, 2.75) is 13.8 Å². The zero-order valence-corrected chi connectivity index (χ0v) is 10.7. The summed E-state index contributed by atoms with van der Waals surface area (Å²) in [6, 6.07) is 9.98. The lowest BCUT2D eigenvalue weighted by atomic mass is 10.2. The molecule has 1 aromatic heterocycles. The molecule has 1 aromatic carbocycles. The molecular formula is C14H17N3O. The van der Waals surface area contributed by atoms with Gasteiger partial charge in [-0.1, -0.05) is 12.1 Å². The number of rotatable bonds is 5. The van der Waals surface area contributed by atoms with E-state index in [0.29, 0.717) is 13.2 Å². The van der Waals surface area contributed by atoms with E-state index in [1.54, 1.807) is 6.20 Å². The maximum atomic E-state index is 5.63. The quantitative estimate of drug-likeness (QED) is 0.820. The fourth-order valence-corrected chi connectivity index (χ4v) is 1.60.